The number of allylic oxidation sites excluding steroid dienone is 2. The van der Waals surface area contributed by atoms with Gasteiger partial charge in [0.2, 0.25) is 0 Å². The fourth-order valence-corrected chi connectivity index (χ4v) is 6.23. The zero-order valence-electron chi connectivity index (χ0n) is 23.6. The maximum Gasteiger partial charge on any atom is 0.272 e. The van der Waals surface area contributed by atoms with Crippen molar-refractivity contribution in [3.05, 3.63) is 71.2 Å². The molecule has 206 valence electrons. The molecule has 7 heteroatoms. The number of benzene rings is 1. The number of fused-ring (bicyclic) bond motifs is 4. The molecule has 0 spiro atoms. The summed E-state index contributed by atoms with van der Waals surface area (Å²) in [5, 5.41) is 3.10. The molecule has 3 atom stereocenters. The Balaban J connectivity index is 1.67. The van der Waals surface area contributed by atoms with E-state index in [9.17, 15) is 9.59 Å². The predicted octanol–water partition coefficient (Wildman–Crippen LogP) is 6.38. The van der Waals surface area contributed by atoms with Gasteiger partial charge in [-0.3, -0.25) is 14.6 Å². The van der Waals surface area contributed by atoms with Gasteiger partial charge in [0.05, 0.1) is 17.4 Å². The molecule has 5 rings (SSSR count). The molecule has 1 saturated heterocycles. The minimum atomic E-state index is -0.162. The van der Waals surface area contributed by atoms with E-state index in [1.807, 2.05) is 17.2 Å². The van der Waals surface area contributed by atoms with Crippen molar-refractivity contribution in [1.82, 2.24) is 4.90 Å². The summed E-state index contributed by atoms with van der Waals surface area (Å²) in [6, 6.07) is 3.86. The smallest absolute Gasteiger partial charge is 0.272 e. The van der Waals surface area contributed by atoms with Gasteiger partial charge in [0.1, 0.15) is 5.70 Å². The van der Waals surface area contributed by atoms with Crippen molar-refractivity contribution in [2.45, 2.75) is 59.4 Å². The molecule has 1 aromatic rings. The van der Waals surface area contributed by atoms with E-state index in [1.165, 1.54) is 11.8 Å². The van der Waals surface area contributed by atoms with Crippen LogP contribution in [-0.2, 0) is 9.53 Å². The Kier molecular flexibility index (Phi) is 7.63. The molecule has 1 aromatic carbocycles. The molecule has 7 nitrogen and oxygen atoms in total. The molecule has 4 heterocycles. The van der Waals surface area contributed by atoms with Gasteiger partial charge < -0.3 is 19.9 Å². The number of nitrogens with one attached hydrogen (secondary N) is 1. The highest BCUT2D eigenvalue weighted by atomic mass is 16.5. The number of rotatable bonds is 8. The third-order valence-electron chi connectivity index (χ3n) is 8.78. The fourth-order valence-electron chi connectivity index (χ4n) is 6.23. The van der Waals surface area contributed by atoms with Gasteiger partial charge in [-0.1, -0.05) is 53.3 Å². The number of carbonyl (C=O) groups excluding carboxylic acids is 2. The third kappa shape index (κ3) is 4.67. The molecule has 39 heavy (non-hydrogen) atoms. The van der Waals surface area contributed by atoms with Crippen LogP contribution in [0.2, 0.25) is 0 Å². The molecule has 0 aliphatic carbocycles. The van der Waals surface area contributed by atoms with Gasteiger partial charge in [0.25, 0.3) is 11.8 Å². The fraction of sp³-hybridized carbons (Fsp3) is 0.469. The topological polar surface area (TPSA) is 74.2 Å². The van der Waals surface area contributed by atoms with Crippen LogP contribution in [0.15, 0.2) is 65.1 Å². The van der Waals surface area contributed by atoms with Gasteiger partial charge in [-0.2, -0.15) is 0 Å². The van der Waals surface area contributed by atoms with E-state index >= 15 is 0 Å². The molecule has 4 aliphatic rings. The molecule has 4 aliphatic heterocycles. The van der Waals surface area contributed by atoms with Gasteiger partial charge in [-0.15, -0.1) is 0 Å². The second-order valence-corrected chi connectivity index (χ2v) is 11.1. The average molecular weight is 529 g/mol. The van der Waals surface area contributed by atoms with Gasteiger partial charge in [0, 0.05) is 49.4 Å². The Morgan fingerprint density at radius 2 is 1.95 bits per heavy atom. The Morgan fingerprint density at radius 1 is 1.21 bits per heavy atom. The van der Waals surface area contributed by atoms with Crippen LogP contribution in [0.5, 0.6) is 0 Å². The largest absolute Gasteiger partial charge is 0.381 e. The average Bonchev–Trinajstić information content (AvgIpc) is 3.45. The van der Waals surface area contributed by atoms with Crippen molar-refractivity contribution in [2.24, 2.45) is 22.7 Å². The highest BCUT2D eigenvalue weighted by molar-refractivity contribution is 6.14. The van der Waals surface area contributed by atoms with Gasteiger partial charge in [0.15, 0.2) is 0 Å². The Bertz CT molecular complexity index is 1300. The van der Waals surface area contributed by atoms with Crippen molar-refractivity contribution in [1.29, 1.82) is 0 Å². The van der Waals surface area contributed by atoms with Crippen LogP contribution in [0, 0.1) is 17.8 Å². The second kappa shape index (κ2) is 11.0. The van der Waals surface area contributed by atoms with E-state index in [1.54, 1.807) is 0 Å². The summed E-state index contributed by atoms with van der Waals surface area (Å²) >= 11 is 0. The van der Waals surface area contributed by atoms with Crippen molar-refractivity contribution in [2.75, 3.05) is 30.0 Å². The third-order valence-corrected chi connectivity index (χ3v) is 8.78. The van der Waals surface area contributed by atoms with Crippen molar-refractivity contribution in [3.63, 3.8) is 0 Å². The first kappa shape index (κ1) is 27.1. The molecule has 0 radical (unpaired) electrons. The Hall–Kier alpha value is -3.45. The minimum Gasteiger partial charge on any atom is -0.381 e. The minimum absolute atomic E-state index is 0.00870. The first-order chi connectivity index (χ1) is 18.8. The lowest BCUT2D eigenvalue weighted by molar-refractivity contribution is -0.113. The van der Waals surface area contributed by atoms with E-state index in [4.69, 9.17) is 4.74 Å². The lowest BCUT2D eigenvalue weighted by atomic mass is 9.86. The van der Waals surface area contributed by atoms with Crippen molar-refractivity contribution in [3.8, 4) is 0 Å². The monoisotopic (exact) mass is 528 g/mol. The number of anilines is 2. The van der Waals surface area contributed by atoms with Crippen LogP contribution in [0.25, 0.3) is 0 Å². The summed E-state index contributed by atoms with van der Waals surface area (Å²) < 4.78 is 5.62. The standard InChI is InChI=1S/C32H40N4O3/c1-7-19(4)14-28-31(37)34-26-15-25-24(16-27(26)36(28)21(6)22-10-12-39-13-11-22)30-29(20(5)8-2)23(17-33-9-3)18-35(30)32(25)38/h9,14-17,19-20,22,30H,3,6-8,10-13,18H2,1-2,4-5H3,(H,34,37)/b28-14-,33-17?. The van der Waals surface area contributed by atoms with E-state index in [0.717, 1.165) is 48.2 Å². The number of aliphatic imine (C=N–C) groups is 1. The highest BCUT2D eigenvalue weighted by Gasteiger charge is 2.46. The van der Waals surface area contributed by atoms with Crippen molar-refractivity contribution < 1.29 is 14.3 Å². The molecule has 2 amide bonds. The van der Waals surface area contributed by atoms with Gasteiger partial charge in [-0.25, -0.2) is 0 Å². The van der Waals surface area contributed by atoms with E-state index in [2.05, 4.69) is 68.2 Å². The van der Waals surface area contributed by atoms with E-state index < -0.39 is 0 Å². The maximum atomic E-state index is 13.7. The van der Waals surface area contributed by atoms with Crippen LogP contribution in [-0.4, -0.2) is 42.7 Å². The summed E-state index contributed by atoms with van der Waals surface area (Å²) in [4.78, 5) is 35.5. The maximum absolute atomic E-state index is 13.7. The second-order valence-electron chi connectivity index (χ2n) is 11.1. The van der Waals surface area contributed by atoms with Gasteiger partial charge >= 0.3 is 0 Å². The summed E-state index contributed by atoms with van der Waals surface area (Å²) in [6.45, 7) is 18.8. The molecular formula is C32H40N4O3. The van der Waals surface area contributed by atoms with E-state index in [-0.39, 0.29) is 35.6 Å². The number of hydrogen-bond donors (Lipinski definition) is 1. The normalized spacial score (nSPS) is 23.7. The van der Waals surface area contributed by atoms with Crippen molar-refractivity contribution >= 4 is 29.4 Å². The Morgan fingerprint density at radius 3 is 2.62 bits per heavy atom. The zero-order valence-corrected chi connectivity index (χ0v) is 23.6. The van der Waals surface area contributed by atoms with E-state index in [0.29, 0.717) is 36.7 Å². The quantitative estimate of drug-likeness (QED) is 0.314. The predicted molar refractivity (Wildman–Crippen MR) is 157 cm³/mol. The first-order valence-corrected chi connectivity index (χ1v) is 14.3. The SMILES string of the molecule is C=CN=CC1=C(C(C)CC)C2c3cc4c(cc3C(=O)N2C1)NC(=O)/C(=C/C(C)CC)N4C(=C)C1CCOCC1. The Labute approximate surface area is 232 Å². The number of nitrogens with zero attached hydrogens (tertiary/aromatic N) is 3. The molecular weight excluding hydrogens is 488 g/mol. The molecule has 1 fully saturated rings. The highest BCUT2D eigenvalue weighted by Crippen LogP contribution is 2.51. The molecule has 0 bridgehead atoms. The molecule has 0 aromatic heterocycles. The van der Waals surface area contributed by atoms with Crippen LogP contribution in [0.4, 0.5) is 11.4 Å². The van der Waals surface area contributed by atoms with Crippen LogP contribution >= 0.6 is 0 Å². The molecule has 0 saturated carbocycles. The van der Waals surface area contributed by atoms with Crippen LogP contribution in [0.1, 0.15) is 75.3 Å². The first-order valence-electron chi connectivity index (χ1n) is 14.3. The molecule has 3 unspecified atom stereocenters. The lowest BCUT2D eigenvalue weighted by Gasteiger charge is -2.39. The van der Waals surface area contributed by atoms with Crippen LogP contribution < -0.4 is 10.2 Å². The summed E-state index contributed by atoms with van der Waals surface area (Å²) in [5.74, 6) is 0.559. The number of ether oxygens (including phenoxy) is 1. The summed E-state index contributed by atoms with van der Waals surface area (Å²) in [5.41, 5.74) is 7.02. The number of amides is 2. The number of hydrogen-bond acceptors (Lipinski definition) is 5. The number of carbonyl (C=O) groups is 2. The zero-order chi connectivity index (χ0) is 27.8. The van der Waals surface area contributed by atoms with Crippen LogP contribution in [0.3, 0.4) is 0 Å². The summed E-state index contributed by atoms with van der Waals surface area (Å²) in [7, 11) is 0. The molecule has 1 N–H and O–H groups in total. The lowest BCUT2D eigenvalue weighted by Crippen LogP contribution is -2.38. The van der Waals surface area contributed by atoms with Gasteiger partial charge in [-0.05, 0) is 59.9 Å². The summed E-state index contributed by atoms with van der Waals surface area (Å²) in [6.07, 6.45) is 9.07.